The van der Waals surface area contributed by atoms with Gasteiger partial charge in [0.15, 0.2) is 0 Å². The summed E-state index contributed by atoms with van der Waals surface area (Å²) in [5.41, 5.74) is 8.29. The van der Waals surface area contributed by atoms with Gasteiger partial charge < -0.3 is 5.73 Å². The summed E-state index contributed by atoms with van der Waals surface area (Å²) < 4.78 is 1.71. The van der Waals surface area contributed by atoms with Gasteiger partial charge >= 0.3 is 0 Å². The van der Waals surface area contributed by atoms with Crippen molar-refractivity contribution in [3.05, 3.63) is 16.4 Å². The van der Waals surface area contributed by atoms with Crippen molar-refractivity contribution < 1.29 is 0 Å². The van der Waals surface area contributed by atoms with Crippen molar-refractivity contribution >= 4 is 11.6 Å². The molecule has 1 aromatic rings. The van der Waals surface area contributed by atoms with E-state index in [1.807, 2.05) is 14.0 Å². The van der Waals surface area contributed by atoms with Crippen molar-refractivity contribution in [3.63, 3.8) is 0 Å². The van der Waals surface area contributed by atoms with Crippen LogP contribution in [0.15, 0.2) is 0 Å². The van der Waals surface area contributed by atoms with Gasteiger partial charge in [-0.25, -0.2) is 0 Å². The van der Waals surface area contributed by atoms with Crippen LogP contribution in [0.2, 0.25) is 5.15 Å². The van der Waals surface area contributed by atoms with E-state index in [2.05, 4.69) is 25.9 Å². The molecule has 1 atom stereocenters. The van der Waals surface area contributed by atoms with Gasteiger partial charge in [0, 0.05) is 18.2 Å². The van der Waals surface area contributed by atoms with Crippen LogP contribution in [-0.4, -0.2) is 15.3 Å². The molecule has 0 saturated heterocycles. The third kappa shape index (κ3) is 2.41. The first-order valence-electron chi connectivity index (χ1n) is 5.78. The molecule has 0 aliphatic carbocycles. The molecule has 4 heteroatoms. The van der Waals surface area contributed by atoms with Gasteiger partial charge in [0.05, 0.1) is 5.69 Å². The van der Waals surface area contributed by atoms with Crippen LogP contribution in [0.25, 0.3) is 0 Å². The minimum atomic E-state index is -0.197. The minimum absolute atomic E-state index is 0.197. The molecule has 0 fully saturated rings. The molecule has 0 spiro atoms. The maximum Gasteiger partial charge on any atom is 0.130 e. The molecular formula is C12H22ClN3. The molecule has 0 amide bonds. The Labute approximate surface area is 103 Å². The zero-order chi connectivity index (χ0) is 12.5. The van der Waals surface area contributed by atoms with Gasteiger partial charge in [0.25, 0.3) is 0 Å². The average Bonchev–Trinajstić information content (AvgIpc) is 2.44. The maximum atomic E-state index is 6.42. The van der Waals surface area contributed by atoms with E-state index < -0.39 is 0 Å². The largest absolute Gasteiger partial charge is 0.325 e. The zero-order valence-electron chi connectivity index (χ0n) is 10.8. The highest BCUT2D eigenvalue weighted by Crippen LogP contribution is 2.28. The standard InChI is InChI=1S/C12H22ClN3/c1-6-12(14,8(2)3)7-10-9(4)15-16(5)11(10)13/h8H,6-7,14H2,1-5H3. The molecule has 0 saturated carbocycles. The minimum Gasteiger partial charge on any atom is -0.325 e. The van der Waals surface area contributed by atoms with Crippen molar-refractivity contribution in [2.75, 3.05) is 0 Å². The molecule has 1 aromatic heterocycles. The van der Waals surface area contributed by atoms with Crippen molar-refractivity contribution in [2.24, 2.45) is 18.7 Å². The molecule has 2 N–H and O–H groups in total. The molecule has 0 aliphatic heterocycles. The lowest BCUT2D eigenvalue weighted by Gasteiger charge is -2.32. The van der Waals surface area contributed by atoms with Crippen molar-refractivity contribution in [1.82, 2.24) is 9.78 Å². The molecule has 92 valence electrons. The second-order valence-corrected chi connectivity index (χ2v) is 5.25. The molecule has 1 rings (SSSR count). The fourth-order valence-corrected chi connectivity index (χ4v) is 2.18. The molecule has 1 heterocycles. The summed E-state index contributed by atoms with van der Waals surface area (Å²) >= 11 is 6.23. The normalized spacial score (nSPS) is 15.5. The molecule has 0 aliphatic rings. The van der Waals surface area contributed by atoms with Crippen LogP contribution in [0.4, 0.5) is 0 Å². The third-order valence-corrected chi connectivity index (χ3v) is 4.06. The van der Waals surface area contributed by atoms with E-state index in [1.54, 1.807) is 4.68 Å². The summed E-state index contributed by atoms with van der Waals surface area (Å²) in [6.45, 7) is 8.42. The number of hydrogen-bond donors (Lipinski definition) is 1. The van der Waals surface area contributed by atoms with E-state index in [-0.39, 0.29) is 5.54 Å². The molecule has 1 unspecified atom stereocenters. The van der Waals surface area contributed by atoms with E-state index in [1.165, 1.54) is 0 Å². The third-order valence-electron chi connectivity index (χ3n) is 3.58. The summed E-state index contributed by atoms with van der Waals surface area (Å²) in [5, 5.41) is 5.03. The number of aromatic nitrogens is 2. The zero-order valence-corrected chi connectivity index (χ0v) is 11.6. The van der Waals surface area contributed by atoms with E-state index in [0.717, 1.165) is 24.1 Å². The molecular weight excluding hydrogens is 222 g/mol. The number of nitrogens with two attached hydrogens (primary N) is 1. The molecule has 16 heavy (non-hydrogen) atoms. The quantitative estimate of drug-likeness (QED) is 0.884. The van der Waals surface area contributed by atoms with Crippen molar-refractivity contribution in [2.45, 2.75) is 46.1 Å². The summed E-state index contributed by atoms with van der Waals surface area (Å²) in [6, 6.07) is 0. The van der Waals surface area contributed by atoms with Gasteiger partial charge in [-0.2, -0.15) is 5.10 Å². The van der Waals surface area contributed by atoms with E-state index >= 15 is 0 Å². The first-order chi connectivity index (χ1) is 7.31. The average molecular weight is 244 g/mol. The van der Waals surface area contributed by atoms with E-state index in [0.29, 0.717) is 11.1 Å². The molecule has 3 nitrogen and oxygen atoms in total. The van der Waals surface area contributed by atoms with Crippen LogP contribution in [0.1, 0.15) is 38.4 Å². The van der Waals surface area contributed by atoms with Gasteiger partial charge in [0.1, 0.15) is 5.15 Å². The SMILES string of the molecule is CCC(N)(Cc1c(C)nn(C)c1Cl)C(C)C. The number of aryl methyl sites for hydroxylation is 2. The molecule has 0 radical (unpaired) electrons. The first-order valence-corrected chi connectivity index (χ1v) is 6.16. The lowest BCUT2D eigenvalue weighted by Crippen LogP contribution is -2.46. The van der Waals surface area contributed by atoms with Gasteiger partial charge in [-0.3, -0.25) is 4.68 Å². The number of rotatable bonds is 4. The summed E-state index contributed by atoms with van der Waals surface area (Å²) in [7, 11) is 1.86. The van der Waals surface area contributed by atoms with Crippen LogP contribution in [0.3, 0.4) is 0 Å². The Morgan fingerprint density at radius 1 is 1.50 bits per heavy atom. The second-order valence-electron chi connectivity index (χ2n) is 4.90. The highest BCUT2D eigenvalue weighted by Gasteiger charge is 2.29. The fourth-order valence-electron chi connectivity index (χ4n) is 1.94. The van der Waals surface area contributed by atoms with Crippen LogP contribution in [0, 0.1) is 12.8 Å². The number of halogens is 1. The highest BCUT2D eigenvalue weighted by atomic mass is 35.5. The fraction of sp³-hybridized carbons (Fsp3) is 0.750. The van der Waals surface area contributed by atoms with Gasteiger partial charge in [-0.1, -0.05) is 32.4 Å². The number of nitrogens with zero attached hydrogens (tertiary/aromatic N) is 2. The van der Waals surface area contributed by atoms with Gasteiger partial charge in [-0.05, 0) is 25.7 Å². The Balaban J connectivity index is 3.03. The Morgan fingerprint density at radius 2 is 2.06 bits per heavy atom. The maximum absolute atomic E-state index is 6.42. The Hall–Kier alpha value is -0.540. The monoisotopic (exact) mass is 243 g/mol. The Morgan fingerprint density at radius 3 is 2.38 bits per heavy atom. The van der Waals surface area contributed by atoms with Crippen LogP contribution < -0.4 is 5.73 Å². The Kier molecular flexibility index (Phi) is 4.02. The number of hydrogen-bond acceptors (Lipinski definition) is 2. The lowest BCUT2D eigenvalue weighted by atomic mass is 9.80. The first kappa shape index (κ1) is 13.5. The van der Waals surface area contributed by atoms with Gasteiger partial charge in [-0.15, -0.1) is 0 Å². The predicted molar refractivity (Wildman–Crippen MR) is 68.7 cm³/mol. The van der Waals surface area contributed by atoms with Gasteiger partial charge in [0.2, 0.25) is 0 Å². The van der Waals surface area contributed by atoms with Crippen LogP contribution >= 0.6 is 11.6 Å². The van der Waals surface area contributed by atoms with Crippen molar-refractivity contribution in [1.29, 1.82) is 0 Å². The topological polar surface area (TPSA) is 43.8 Å². The predicted octanol–water partition coefficient (Wildman–Crippen LogP) is 2.69. The molecule has 0 bridgehead atoms. The second kappa shape index (κ2) is 4.76. The van der Waals surface area contributed by atoms with E-state index in [9.17, 15) is 0 Å². The summed E-state index contributed by atoms with van der Waals surface area (Å²) in [4.78, 5) is 0. The Bertz CT molecular complexity index is 371. The summed E-state index contributed by atoms with van der Waals surface area (Å²) in [5.74, 6) is 0.424. The molecule has 0 aromatic carbocycles. The van der Waals surface area contributed by atoms with Crippen LogP contribution in [0.5, 0.6) is 0 Å². The highest BCUT2D eigenvalue weighted by molar-refractivity contribution is 6.30. The van der Waals surface area contributed by atoms with Crippen LogP contribution in [-0.2, 0) is 13.5 Å². The summed E-state index contributed by atoms with van der Waals surface area (Å²) in [6.07, 6.45) is 1.73. The lowest BCUT2D eigenvalue weighted by molar-refractivity contribution is 0.296. The van der Waals surface area contributed by atoms with Crippen molar-refractivity contribution in [3.8, 4) is 0 Å². The smallest absolute Gasteiger partial charge is 0.130 e. The van der Waals surface area contributed by atoms with E-state index in [4.69, 9.17) is 17.3 Å².